The number of nitrogens with zero attached hydrogens (tertiary/aromatic N) is 2. The third-order valence-corrected chi connectivity index (χ3v) is 2.82. The average molecular weight is 271 g/mol. The average Bonchev–Trinajstić information content (AvgIpc) is 2.72. The number of aromatic amines is 1. The van der Waals surface area contributed by atoms with Crippen LogP contribution in [0.2, 0.25) is 10.0 Å². The van der Waals surface area contributed by atoms with E-state index in [1.54, 1.807) is 25.1 Å². The Morgan fingerprint density at radius 1 is 1.41 bits per heavy atom. The number of H-pyrrole nitrogens is 1. The first-order valence-electron chi connectivity index (χ1n) is 4.72. The maximum atomic E-state index is 11.7. The number of benzene rings is 1. The van der Waals surface area contributed by atoms with Gasteiger partial charge in [0.25, 0.3) is 5.91 Å². The van der Waals surface area contributed by atoms with Crippen molar-refractivity contribution in [3.8, 4) is 0 Å². The molecule has 0 aliphatic heterocycles. The van der Waals surface area contributed by atoms with Gasteiger partial charge in [-0.25, -0.2) is 4.98 Å². The van der Waals surface area contributed by atoms with Gasteiger partial charge in [0.05, 0.1) is 15.7 Å². The zero-order valence-electron chi connectivity index (χ0n) is 8.79. The van der Waals surface area contributed by atoms with Crippen LogP contribution in [-0.4, -0.2) is 21.1 Å². The molecule has 0 aliphatic rings. The smallest absolute Gasteiger partial charge is 0.295 e. The van der Waals surface area contributed by atoms with Gasteiger partial charge in [0, 0.05) is 0 Å². The Morgan fingerprint density at radius 2 is 2.18 bits per heavy atom. The first-order chi connectivity index (χ1) is 8.08. The minimum atomic E-state index is -0.446. The molecule has 0 bridgehead atoms. The number of anilines is 1. The third-order valence-electron chi connectivity index (χ3n) is 2.00. The van der Waals surface area contributed by atoms with E-state index in [4.69, 9.17) is 23.2 Å². The molecule has 2 aromatic rings. The molecule has 7 heteroatoms. The number of amides is 1. The summed E-state index contributed by atoms with van der Waals surface area (Å²) in [7, 11) is 0. The Labute approximate surface area is 107 Å². The van der Waals surface area contributed by atoms with Crippen LogP contribution in [-0.2, 0) is 0 Å². The first-order valence-corrected chi connectivity index (χ1v) is 5.48. The summed E-state index contributed by atoms with van der Waals surface area (Å²) >= 11 is 11.8. The lowest BCUT2D eigenvalue weighted by Crippen LogP contribution is -2.14. The van der Waals surface area contributed by atoms with E-state index < -0.39 is 5.91 Å². The van der Waals surface area contributed by atoms with Gasteiger partial charge < -0.3 is 5.32 Å². The molecule has 0 spiro atoms. The Bertz CT molecular complexity index is 567. The highest BCUT2D eigenvalue weighted by Crippen LogP contribution is 2.29. The fourth-order valence-electron chi connectivity index (χ4n) is 1.22. The minimum Gasteiger partial charge on any atom is -0.318 e. The number of nitrogens with one attached hydrogen (secondary N) is 2. The lowest BCUT2D eigenvalue weighted by molar-refractivity contribution is 0.101. The van der Waals surface area contributed by atoms with E-state index in [0.717, 1.165) is 0 Å². The van der Waals surface area contributed by atoms with Gasteiger partial charge in [-0.1, -0.05) is 29.3 Å². The van der Waals surface area contributed by atoms with Crippen molar-refractivity contribution in [2.24, 2.45) is 0 Å². The highest BCUT2D eigenvalue weighted by molar-refractivity contribution is 6.44. The van der Waals surface area contributed by atoms with Crippen LogP contribution in [0.3, 0.4) is 0 Å². The maximum Gasteiger partial charge on any atom is 0.295 e. The summed E-state index contributed by atoms with van der Waals surface area (Å²) in [5, 5.41) is 9.56. The van der Waals surface area contributed by atoms with E-state index in [2.05, 4.69) is 20.5 Å². The van der Waals surface area contributed by atoms with E-state index in [-0.39, 0.29) is 10.8 Å². The number of rotatable bonds is 2. The van der Waals surface area contributed by atoms with Crippen molar-refractivity contribution in [1.29, 1.82) is 0 Å². The molecule has 0 atom stereocenters. The number of aryl methyl sites for hydroxylation is 1. The molecule has 1 aromatic heterocycles. The predicted octanol–water partition coefficient (Wildman–Crippen LogP) is 2.67. The predicted molar refractivity (Wildman–Crippen MR) is 65.5 cm³/mol. The van der Waals surface area contributed by atoms with Gasteiger partial charge in [-0.3, -0.25) is 9.89 Å². The summed E-state index contributed by atoms with van der Waals surface area (Å²) < 4.78 is 0. The standard InChI is InChI=1S/C10H8Cl2N4O/c1-5-13-9(16-15-5)10(17)14-7-4-2-3-6(11)8(7)12/h2-4H,1H3,(H,14,17)(H,13,15,16). The molecular formula is C10H8Cl2N4O. The van der Waals surface area contributed by atoms with Crippen LogP contribution >= 0.6 is 23.2 Å². The SMILES string of the molecule is Cc1nc(C(=O)Nc2cccc(Cl)c2Cl)n[nH]1. The molecule has 2 N–H and O–H groups in total. The van der Waals surface area contributed by atoms with E-state index in [1.165, 1.54) is 0 Å². The van der Waals surface area contributed by atoms with Crippen LogP contribution in [0.1, 0.15) is 16.4 Å². The molecular weight excluding hydrogens is 263 g/mol. The molecule has 2 rings (SSSR count). The normalized spacial score (nSPS) is 10.3. The second-order valence-corrected chi connectivity index (χ2v) is 4.09. The molecule has 1 heterocycles. The Hall–Kier alpha value is -1.59. The Morgan fingerprint density at radius 3 is 2.82 bits per heavy atom. The molecule has 1 amide bonds. The van der Waals surface area contributed by atoms with Gasteiger partial charge in [0.2, 0.25) is 5.82 Å². The topological polar surface area (TPSA) is 70.7 Å². The molecule has 0 fully saturated rings. The highest BCUT2D eigenvalue weighted by atomic mass is 35.5. The summed E-state index contributed by atoms with van der Waals surface area (Å²) in [5.74, 6) is 0.171. The summed E-state index contributed by atoms with van der Waals surface area (Å²) in [6, 6.07) is 4.97. The van der Waals surface area contributed by atoms with Crippen LogP contribution in [0.15, 0.2) is 18.2 Å². The summed E-state index contributed by atoms with van der Waals surface area (Å²) in [6.45, 7) is 1.70. The molecule has 0 radical (unpaired) electrons. The largest absolute Gasteiger partial charge is 0.318 e. The van der Waals surface area contributed by atoms with E-state index in [0.29, 0.717) is 16.5 Å². The molecule has 88 valence electrons. The second-order valence-electron chi connectivity index (χ2n) is 3.30. The Balaban J connectivity index is 2.21. The Kier molecular flexibility index (Phi) is 3.31. The van der Waals surface area contributed by atoms with Crippen molar-refractivity contribution < 1.29 is 4.79 Å². The van der Waals surface area contributed by atoms with Crippen LogP contribution in [0.4, 0.5) is 5.69 Å². The van der Waals surface area contributed by atoms with Gasteiger partial charge in [0.1, 0.15) is 5.82 Å². The van der Waals surface area contributed by atoms with E-state index >= 15 is 0 Å². The minimum absolute atomic E-state index is 0.0542. The van der Waals surface area contributed by atoms with Gasteiger partial charge in [-0.2, -0.15) is 0 Å². The molecule has 0 unspecified atom stereocenters. The number of halogens is 2. The van der Waals surface area contributed by atoms with E-state index in [9.17, 15) is 4.79 Å². The van der Waals surface area contributed by atoms with Crippen molar-refractivity contribution in [3.05, 3.63) is 39.9 Å². The lowest BCUT2D eigenvalue weighted by Gasteiger charge is -2.05. The molecule has 0 saturated heterocycles. The monoisotopic (exact) mass is 270 g/mol. The summed E-state index contributed by atoms with van der Waals surface area (Å²) in [6.07, 6.45) is 0. The zero-order chi connectivity index (χ0) is 12.4. The second kappa shape index (κ2) is 4.73. The number of hydrogen-bond acceptors (Lipinski definition) is 3. The number of aromatic nitrogens is 3. The van der Waals surface area contributed by atoms with Crippen LogP contribution in [0.25, 0.3) is 0 Å². The van der Waals surface area contributed by atoms with Gasteiger partial charge >= 0.3 is 0 Å². The number of carbonyl (C=O) groups excluding carboxylic acids is 1. The molecule has 17 heavy (non-hydrogen) atoms. The van der Waals surface area contributed by atoms with Crippen molar-refractivity contribution in [2.75, 3.05) is 5.32 Å². The third kappa shape index (κ3) is 2.57. The maximum absolute atomic E-state index is 11.7. The first kappa shape index (κ1) is 11.9. The summed E-state index contributed by atoms with van der Waals surface area (Å²) in [4.78, 5) is 15.6. The van der Waals surface area contributed by atoms with Crippen LogP contribution < -0.4 is 5.32 Å². The van der Waals surface area contributed by atoms with Crippen molar-refractivity contribution in [1.82, 2.24) is 15.2 Å². The van der Waals surface area contributed by atoms with Crippen LogP contribution in [0.5, 0.6) is 0 Å². The van der Waals surface area contributed by atoms with Crippen molar-refractivity contribution in [2.45, 2.75) is 6.92 Å². The molecule has 0 aliphatic carbocycles. The highest BCUT2D eigenvalue weighted by Gasteiger charge is 2.13. The quantitative estimate of drug-likeness (QED) is 0.882. The van der Waals surface area contributed by atoms with Gasteiger partial charge in [-0.15, -0.1) is 5.10 Å². The number of carbonyl (C=O) groups is 1. The molecule has 0 saturated carbocycles. The van der Waals surface area contributed by atoms with Gasteiger partial charge in [-0.05, 0) is 19.1 Å². The van der Waals surface area contributed by atoms with Crippen LogP contribution in [0, 0.1) is 6.92 Å². The lowest BCUT2D eigenvalue weighted by atomic mass is 10.3. The van der Waals surface area contributed by atoms with E-state index in [1.807, 2.05) is 0 Å². The fourth-order valence-corrected chi connectivity index (χ4v) is 1.57. The summed E-state index contributed by atoms with van der Waals surface area (Å²) in [5.41, 5.74) is 0.423. The number of hydrogen-bond donors (Lipinski definition) is 2. The van der Waals surface area contributed by atoms with Crippen molar-refractivity contribution >= 4 is 34.8 Å². The van der Waals surface area contributed by atoms with Gasteiger partial charge in [0.15, 0.2) is 0 Å². The van der Waals surface area contributed by atoms with Crippen molar-refractivity contribution in [3.63, 3.8) is 0 Å². The molecule has 5 nitrogen and oxygen atoms in total. The molecule has 1 aromatic carbocycles. The zero-order valence-corrected chi connectivity index (χ0v) is 10.3. The fraction of sp³-hybridized carbons (Fsp3) is 0.100.